The van der Waals surface area contributed by atoms with Gasteiger partial charge < -0.3 is 14.4 Å². The summed E-state index contributed by atoms with van der Waals surface area (Å²) in [6.45, 7) is 2.48. The zero-order chi connectivity index (χ0) is 20.2. The Hall–Kier alpha value is -3.51. The van der Waals surface area contributed by atoms with Crippen molar-refractivity contribution >= 4 is 28.7 Å². The predicted octanol–water partition coefficient (Wildman–Crippen LogP) is 1.34. The Balaban J connectivity index is 1.63. The van der Waals surface area contributed by atoms with E-state index in [-0.39, 0.29) is 17.7 Å². The number of allylic oxidation sites excluding steroid dienone is 2. The van der Waals surface area contributed by atoms with E-state index in [2.05, 4.69) is 9.89 Å². The molecule has 1 N–H and O–H groups in total. The van der Waals surface area contributed by atoms with E-state index in [1.165, 1.54) is 0 Å². The summed E-state index contributed by atoms with van der Waals surface area (Å²) >= 11 is 0. The third kappa shape index (κ3) is 2.44. The maximum absolute atomic E-state index is 13.6. The summed E-state index contributed by atoms with van der Waals surface area (Å²) < 4.78 is 11.7. The number of benzene rings is 2. The van der Waals surface area contributed by atoms with Crippen LogP contribution in [-0.2, 0) is 4.74 Å². The molecule has 6 heteroatoms. The van der Waals surface area contributed by atoms with Crippen molar-refractivity contribution < 1.29 is 24.1 Å². The number of nitrogens with one attached hydrogen (secondary N) is 1. The Bertz CT molecular complexity index is 1200. The largest absolute Gasteiger partial charge is 0.468 e. The number of morpholine rings is 1. The Labute approximate surface area is 173 Å². The molecule has 148 valence electrons. The van der Waals surface area contributed by atoms with Crippen molar-refractivity contribution in [2.75, 3.05) is 31.2 Å². The third-order valence-corrected chi connectivity index (χ3v) is 6.00. The van der Waals surface area contributed by atoms with E-state index < -0.39 is 0 Å². The van der Waals surface area contributed by atoms with Gasteiger partial charge in [0.25, 0.3) is 5.69 Å². The highest BCUT2D eigenvalue weighted by molar-refractivity contribution is 6.32. The van der Waals surface area contributed by atoms with E-state index in [1.54, 1.807) is 24.3 Å². The minimum atomic E-state index is -0.236. The van der Waals surface area contributed by atoms with Crippen LogP contribution in [0, 0.1) is 0 Å². The maximum Gasteiger partial charge on any atom is 0.258 e. The lowest BCUT2D eigenvalue weighted by atomic mass is 9.81. The van der Waals surface area contributed by atoms with Crippen LogP contribution >= 0.6 is 0 Å². The van der Waals surface area contributed by atoms with Crippen LogP contribution in [0.4, 0.5) is 11.4 Å². The van der Waals surface area contributed by atoms with Gasteiger partial charge in [0, 0.05) is 36.4 Å². The number of hydrogen-bond donors (Lipinski definition) is 1. The number of ketones is 2. The first kappa shape index (κ1) is 17.4. The van der Waals surface area contributed by atoms with Crippen LogP contribution in [0.1, 0.15) is 31.8 Å². The topological polar surface area (TPSA) is 69.8 Å². The first-order chi connectivity index (χ1) is 14.7. The van der Waals surface area contributed by atoms with Crippen molar-refractivity contribution in [2.24, 2.45) is 0 Å². The number of ether oxygens (including phenoxy) is 2. The van der Waals surface area contributed by atoms with Crippen LogP contribution < -0.4 is 14.6 Å². The van der Waals surface area contributed by atoms with Crippen molar-refractivity contribution in [3.05, 3.63) is 76.9 Å². The number of nitrogens with zero attached hydrogens (tertiary/aromatic N) is 1. The molecule has 2 aliphatic heterocycles. The Morgan fingerprint density at radius 2 is 1.70 bits per heavy atom. The fourth-order valence-corrected chi connectivity index (χ4v) is 4.54. The number of carbonyl (C=O) groups is 2. The molecule has 1 fully saturated rings. The van der Waals surface area contributed by atoms with Gasteiger partial charge in [-0.25, -0.2) is 4.99 Å². The SMILES string of the molecule is O=C1c2ccccc2C(=O)c2c3c(cc(N4CCOCC4)c21)OC1C=CC=CC1=[NH+]3. The molecule has 4 aliphatic rings. The van der Waals surface area contributed by atoms with E-state index in [0.29, 0.717) is 60.0 Å². The molecule has 0 saturated carbocycles. The molecule has 0 amide bonds. The molecule has 1 unspecified atom stereocenters. The quantitative estimate of drug-likeness (QED) is 0.669. The summed E-state index contributed by atoms with van der Waals surface area (Å²) in [6.07, 6.45) is 7.51. The fourth-order valence-electron chi connectivity index (χ4n) is 4.54. The molecule has 0 spiro atoms. The average molecular weight is 399 g/mol. The standard InChI is InChI=1S/C24H18N2O4/c27-23-14-5-1-2-6-15(14)24(28)21-20(23)17(26-9-11-29-12-10-26)13-19-22(21)25-16-7-3-4-8-18(16)30-19/h1-8,13,18H,9-12H2/p+1. The van der Waals surface area contributed by atoms with Gasteiger partial charge in [-0.05, 0) is 6.08 Å². The van der Waals surface area contributed by atoms with Crippen molar-refractivity contribution in [2.45, 2.75) is 6.10 Å². The maximum atomic E-state index is 13.6. The third-order valence-electron chi connectivity index (χ3n) is 6.00. The molecule has 2 aromatic carbocycles. The first-order valence-corrected chi connectivity index (χ1v) is 10.1. The first-order valence-electron chi connectivity index (χ1n) is 10.1. The van der Waals surface area contributed by atoms with E-state index >= 15 is 0 Å². The van der Waals surface area contributed by atoms with E-state index in [1.807, 2.05) is 30.4 Å². The van der Waals surface area contributed by atoms with E-state index in [4.69, 9.17) is 9.47 Å². The highest BCUT2D eigenvalue weighted by atomic mass is 16.5. The van der Waals surface area contributed by atoms with Crippen LogP contribution in [-0.4, -0.2) is 49.7 Å². The minimum absolute atomic E-state index is 0.127. The van der Waals surface area contributed by atoms with Gasteiger partial charge in [-0.3, -0.25) is 9.59 Å². The number of hydrogen-bond acceptors (Lipinski definition) is 5. The normalized spacial score (nSPS) is 21.3. The van der Waals surface area contributed by atoms with E-state index in [9.17, 15) is 9.59 Å². The molecule has 2 heterocycles. The van der Waals surface area contributed by atoms with Crippen LogP contribution in [0.5, 0.6) is 5.75 Å². The van der Waals surface area contributed by atoms with Gasteiger partial charge in [-0.2, -0.15) is 0 Å². The Morgan fingerprint density at radius 1 is 0.967 bits per heavy atom. The van der Waals surface area contributed by atoms with Gasteiger partial charge >= 0.3 is 0 Å². The predicted molar refractivity (Wildman–Crippen MR) is 111 cm³/mol. The van der Waals surface area contributed by atoms with Gasteiger partial charge in [0.1, 0.15) is 5.56 Å². The summed E-state index contributed by atoms with van der Waals surface area (Å²) in [6, 6.07) is 8.92. The average Bonchev–Trinajstić information content (AvgIpc) is 2.80. The molecule has 0 radical (unpaired) electrons. The van der Waals surface area contributed by atoms with E-state index in [0.717, 1.165) is 11.4 Å². The summed E-state index contributed by atoms with van der Waals surface area (Å²) in [5.41, 5.74) is 3.89. The highest BCUT2D eigenvalue weighted by Gasteiger charge is 2.41. The van der Waals surface area contributed by atoms with Crippen LogP contribution in [0.15, 0.2) is 54.6 Å². The zero-order valence-electron chi connectivity index (χ0n) is 16.2. The lowest BCUT2D eigenvalue weighted by Gasteiger charge is -2.33. The molecule has 2 aliphatic carbocycles. The zero-order valence-corrected chi connectivity index (χ0v) is 16.2. The molecule has 6 rings (SSSR count). The second-order valence-corrected chi connectivity index (χ2v) is 7.68. The second-order valence-electron chi connectivity index (χ2n) is 7.68. The fraction of sp³-hybridized carbons (Fsp3) is 0.208. The molecule has 1 saturated heterocycles. The number of anilines is 1. The van der Waals surface area contributed by atoms with Crippen molar-refractivity contribution in [3.8, 4) is 5.75 Å². The van der Waals surface area contributed by atoms with Gasteiger partial charge in [0.05, 0.1) is 24.5 Å². The molecular weight excluding hydrogens is 380 g/mol. The minimum Gasteiger partial charge on any atom is -0.468 e. The molecule has 6 nitrogen and oxygen atoms in total. The second kappa shape index (κ2) is 6.50. The van der Waals surface area contributed by atoms with Crippen molar-refractivity contribution in [3.63, 3.8) is 0 Å². The van der Waals surface area contributed by atoms with Gasteiger partial charge in [-0.15, -0.1) is 0 Å². The van der Waals surface area contributed by atoms with Crippen LogP contribution in [0.3, 0.4) is 0 Å². The van der Waals surface area contributed by atoms with Gasteiger partial charge in [0.15, 0.2) is 11.5 Å². The Kier molecular flexibility index (Phi) is 3.76. The summed E-state index contributed by atoms with van der Waals surface area (Å²) in [5.74, 6) is 0.305. The smallest absolute Gasteiger partial charge is 0.258 e. The molecule has 0 aromatic heterocycles. The summed E-state index contributed by atoms with van der Waals surface area (Å²) in [5, 5.41) is 0. The van der Waals surface area contributed by atoms with Crippen LogP contribution in [0.25, 0.3) is 0 Å². The molecule has 2 aromatic rings. The summed E-state index contributed by atoms with van der Waals surface area (Å²) in [7, 11) is 0. The lowest BCUT2D eigenvalue weighted by molar-refractivity contribution is -0.362. The van der Waals surface area contributed by atoms with Crippen LogP contribution in [0.2, 0.25) is 0 Å². The van der Waals surface area contributed by atoms with Gasteiger partial charge in [-0.1, -0.05) is 36.4 Å². The lowest BCUT2D eigenvalue weighted by Crippen LogP contribution is -2.72. The summed E-state index contributed by atoms with van der Waals surface area (Å²) in [4.78, 5) is 32.7. The Morgan fingerprint density at radius 3 is 2.47 bits per heavy atom. The van der Waals surface area contributed by atoms with Crippen molar-refractivity contribution in [1.82, 2.24) is 0 Å². The number of fused-ring (bicyclic) bond motifs is 5. The number of rotatable bonds is 1. The van der Waals surface area contributed by atoms with Crippen molar-refractivity contribution in [1.29, 1.82) is 0 Å². The molecule has 0 bridgehead atoms. The number of carbonyl (C=O) groups excluding carboxylic acids is 2. The molecular formula is C24H19N2O4+. The molecule has 1 atom stereocenters. The highest BCUT2D eigenvalue weighted by Crippen LogP contribution is 2.42. The monoisotopic (exact) mass is 399 g/mol. The van der Waals surface area contributed by atoms with Gasteiger partial charge in [0.2, 0.25) is 17.6 Å². The molecule has 30 heavy (non-hydrogen) atoms.